The average molecular weight is 216 g/mol. The van der Waals surface area contributed by atoms with Gasteiger partial charge in [0, 0.05) is 17.8 Å². The monoisotopic (exact) mass is 216 g/mol. The number of para-hydroxylation sites is 1. The molecule has 0 aromatic heterocycles. The van der Waals surface area contributed by atoms with E-state index in [1.807, 2.05) is 0 Å². The first-order valence-corrected chi connectivity index (χ1v) is 6.43. The van der Waals surface area contributed by atoms with Crippen molar-refractivity contribution in [2.24, 2.45) is 0 Å². The van der Waals surface area contributed by atoms with Gasteiger partial charge in [-0.2, -0.15) is 0 Å². The van der Waals surface area contributed by atoms with Crippen molar-refractivity contribution in [3.8, 4) is 0 Å². The zero-order valence-corrected chi connectivity index (χ0v) is 9.95. The molecule has 0 aliphatic carbocycles. The van der Waals surface area contributed by atoms with Gasteiger partial charge in [0.25, 0.3) is 0 Å². The number of anilines is 1. The fourth-order valence-corrected chi connectivity index (χ4v) is 3.23. The van der Waals surface area contributed by atoms with Crippen LogP contribution in [-0.2, 0) is 6.42 Å². The highest BCUT2D eigenvalue weighted by molar-refractivity contribution is 5.60. The lowest BCUT2D eigenvalue weighted by Crippen LogP contribution is -2.45. The van der Waals surface area contributed by atoms with Crippen molar-refractivity contribution in [1.29, 1.82) is 0 Å². The number of hydrogen-bond donors (Lipinski definition) is 1. The molecule has 2 heteroatoms. The van der Waals surface area contributed by atoms with Crippen LogP contribution in [0.5, 0.6) is 0 Å². The quantitative estimate of drug-likeness (QED) is 0.774. The fraction of sp³-hybridized carbons (Fsp3) is 0.571. The minimum absolute atomic E-state index is 0.681. The SMILES string of the molecule is CC1Cc2ccccc2N1C1CCNCC1. The van der Waals surface area contributed by atoms with Crippen LogP contribution in [0.3, 0.4) is 0 Å². The summed E-state index contributed by atoms with van der Waals surface area (Å²) in [6.07, 6.45) is 3.80. The highest BCUT2D eigenvalue weighted by Crippen LogP contribution is 2.35. The second-order valence-corrected chi connectivity index (χ2v) is 5.07. The number of benzene rings is 1. The Morgan fingerprint density at radius 2 is 1.94 bits per heavy atom. The number of hydrogen-bond acceptors (Lipinski definition) is 2. The van der Waals surface area contributed by atoms with E-state index in [0.717, 1.165) is 6.04 Å². The third-order valence-corrected chi connectivity index (χ3v) is 3.96. The summed E-state index contributed by atoms with van der Waals surface area (Å²) in [5.74, 6) is 0. The molecule has 0 saturated carbocycles. The van der Waals surface area contributed by atoms with Crippen molar-refractivity contribution in [2.45, 2.75) is 38.3 Å². The molecule has 16 heavy (non-hydrogen) atoms. The maximum absolute atomic E-state index is 3.45. The van der Waals surface area contributed by atoms with Crippen LogP contribution in [0.15, 0.2) is 24.3 Å². The van der Waals surface area contributed by atoms with Gasteiger partial charge < -0.3 is 10.2 Å². The first-order valence-electron chi connectivity index (χ1n) is 6.43. The van der Waals surface area contributed by atoms with Crippen molar-refractivity contribution in [2.75, 3.05) is 18.0 Å². The minimum atomic E-state index is 0.681. The van der Waals surface area contributed by atoms with E-state index in [9.17, 15) is 0 Å². The van der Waals surface area contributed by atoms with Gasteiger partial charge in [-0.1, -0.05) is 18.2 Å². The molecule has 1 fully saturated rings. The molecule has 0 amide bonds. The Morgan fingerprint density at radius 1 is 1.19 bits per heavy atom. The molecular weight excluding hydrogens is 196 g/mol. The predicted octanol–water partition coefficient (Wildman–Crippen LogP) is 2.19. The highest BCUT2D eigenvalue weighted by Gasteiger charge is 2.31. The minimum Gasteiger partial charge on any atom is -0.365 e. The number of piperidine rings is 1. The molecule has 86 valence electrons. The zero-order valence-electron chi connectivity index (χ0n) is 9.95. The number of rotatable bonds is 1. The van der Waals surface area contributed by atoms with Gasteiger partial charge in [-0.25, -0.2) is 0 Å². The number of fused-ring (bicyclic) bond motifs is 1. The van der Waals surface area contributed by atoms with E-state index < -0.39 is 0 Å². The summed E-state index contributed by atoms with van der Waals surface area (Å²) in [5.41, 5.74) is 3.02. The first-order chi connectivity index (χ1) is 7.86. The summed E-state index contributed by atoms with van der Waals surface area (Å²) in [6, 6.07) is 10.3. The normalized spacial score (nSPS) is 25.8. The zero-order chi connectivity index (χ0) is 11.0. The Morgan fingerprint density at radius 3 is 2.75 bits per heavy atom. The molecule has 2 aliphatic rings. The van der Waals surface area contributed by atoms with E-state index in [1.165, 1.54) is 43.6 Å². The highest BCUT2D eigenvalue weighted by atomic mass is 15.2. The van der Waals surface area contributed by atoms with Crippen LogP contribution in [0.2, 0.25) is 0 Å². The van der Waals surface area contributed by atoms with Crippen LogP contribution < -0.4 is 10.2 Å². The summed E-state index contributed by atoms with van der Waals surface area (Å²) in [7, 11) is 0. The van der Waals surface area contributed by atoms with Gasteiger partial charge in [-0.3, -0.25) is 0 Å². The second kappa shape index (κ2) is 4.10. The molecular formula is C14H20N2. The van der Waals surface area contributed by atoms with Crippen molar-refractivity contribution < 1.29 is 0 Å². The lowest BCUT2D eigenvalue weighted by molar-refractivity contribution is 0.414. The van der Waals surface area contributed by atoms with Gasteiger partial charge in [-0.15, -0.1) is 0 Å². The van der Waals surface area contributed by atoms with E-state index in [4.69, 9.17) is 0 Å². The van der Waals surface area contributed by atoms with Gasteiger partial charge in [0.15, 0.2) is 0 Å². The lowest BCUT2D eigenvalue weighted by Gasteiger charge is -2.37. The summed E-state index contributed by atoms with van der Waals surface area (Å²) >= 11 is 0. The molecule has 1 unspecified atom stereocenters. The standard InChI is InChI=1S/C14H20N2/c1-11-10-12-4-2-3-5-14(12)16(11)13-6-8-15-9-7-13/h2-5,11,13,15H,6-10H2,1H3. The van der Waals surface area contributed by atoms with Crippen LogP contribution in [-0.4, -0.2) is 25.2 Å². The smallest absolute Gasteiger partial charge is 0.0404 e. The molecule has 1 atom stereocenters. The Hall–Kier alpha value is -1.02. The molecule has 2 nitrogen and oxygen atoms in total. The molecule has 3 rings (SSSR count). The average Bonchev–Trinajstić information content (AvgIpc) is 2.66. The maximum Gasteiger partial charge on any atom is 0.0404 e. The molecule has 1 saturated heterocycles. The van der Waals surface area contributed by atoms with Gasteiger partial charge in [0.05, 0.1) is 0 Å². The third kappa shape index (κ3) is 1.61. The number of nitrogens with zero attached hydrogens (tertiary/aromatic N) is 1. The molecule has 1 aromatic rings. The first kappa shape index (κ1) is 10.2. The van der Waals surface area contributed by atoms with Crippen LogP contribution in [0.4, 0.5) is 5.69 Å². The summed E-state index contributed by atoms with van der Waals surface area (Å²) in [4.78, 5) is 2.66. The van der Waals surface area contributed by atoms with Crippen molar-refractivity contribution in [1.82, 2.24) is 5.32 Å². The van der Waals surface area contributed by atoms with E-state index in [1.54, 1.807) is 0 Å². The summed E-state index contributed by atoms with van der Waals surface area (Å²) < 4.78 is 0. The Labute approximate surface area is 97.6 Å². The van der Waals surface area contributed by atoms with Crippen LogP contribution >= 0.6 is 0 Å². The molecule has 0 bridgehead atoms. The molecule has 0 spiro atoms. The molecule has 1 aromatic carbocycles. The largest absolute Gasteiger partial charge is 0.365 e. The van der Waals surface area contributed by atoms with Crippen molar-refractivity contribution >= 4 is 5.69 Å². The fourth-order valence-electron chi connectivity index (χ4n) is 3.23. The molecule has 2 heterocycles. The van der Waals surface area contributed by atoms with Crippen molar-refractivity contribution in [3.05, 3.63) is 29.8 Å². The maximum atomic E-state index is 3.45. The molecule has 0 radical (unpaired) electrons. The van der Waals surface area contributed by atoms with E-state index in [0.29, 0.717) is 6.04 Å². The predicted molar refractivity (Wildman–Crippen MR) is 68.0 cm³/mol. The van der Waals surface area contributed by atoms with Crippen molar-refractivity contribution in [3.63, 3.8) is 0 Å². The van der Waals surface area contributed by atoms with Gasteiger partial charge in [0.2, 0.25) is 0 Å². The number of nitrogens with one attached hydrogen (secondary N) is 1. The Bertz CT molecular complexity index is 369. The summed E-state index contributed by atoms with van der Waals surface area (Å²) in [5, 5.41) is 3.45. The molecule has 2 aliphatic heterocycles. The second-order valence-electron chi connectivity index (χ2n) is 5.07. The topological polar surface area (TPSA) is 15.3 Å². The van der Waals surface area contributed by atoms with Gasteiger partial charge in [0.1, 0.15) is 0 Å². The van der Waals surface area contributed by atoms with Gasteiger partial charge in [-0.05, 0) is 50.9 Å². The van der Waals surface area contributed by atoms with E-state index >= 15 is 0 Å². The van der Waals surface area contributed by atoms with Crippen LogP contribution in [0.1, 0.15) is 25.3 Å². The Kier molecular flexibility index (Phi) is 2.60. The van der Waals surface area contributed by atoms with Gasteiger partial charge >= 0.3 is 0 Å². The summed E-state index contributed by atoms with van der Waals surface area (Å²) in [6.45, 7) is 4.72. The lowest BCUT2D eigenvalue weighted by atomic mass is 10.0. The molecule has 1 N–H and O–H groups in total. The Balaban J connectivity index is 1.89. The van der Waals surface area contributed by atoms with Crippen LogP contribution in [0, 0.1) is 0 Å². The van der Waals surface area contributed by atoms with E-state index in [-0.39, 0.29) is 0 Å². The third-order valence-electron chi connectivity index (χ3n) is 3.96. The van der Waals surface area contributed by atoms with E-state index in [2.05, 4.69) is 41.4 Å². The van der Waals surface area contributed by atoms with Crippen LogP contribution in [0.25, 0.3) is 0 Å².